The van der Waals surface area contributed by atoms with E-state index in [0.29, 0.717) is 5.76 Å². The van der Waals surface area contributed by atoms with E-state index in [1.54, 1.807) is 7.05 Å². The molecule has 112 valence electrons. The molecule has 0 aromatic rings. The molecule has 6 heteroatoms. The molecule has 0 bridgehead atoms. The van der Waals surface area contributed by atoms with Gasteiger partial charge in [0.1, 0.15) is 5.76 Å². The molecule has 19 heavy (non-hydrogen) atoms. The van der Waals surface area contributed by atoms with Crippen molar-refractivity contribution < 1.29 is 18.7 Å². The summed E-state index contributed by atoms with van der Waals surface area (Å²) in [5, 5.41) is 11.5. The SMILES string of the molecule is CC1=C([C@@H](C)CN(C)C)C([C@H](O)CC(F)F)N(C)O1. The van der Waals surface area contributed by atoms with Gasteiger partial charge < -0.3 is 14.8 Å². The summed E-state index contributed by atoms with van der Waals surface area (Å²) in [5.74, 6) is 0.840. The predicted molar refractivity (Wildman–Crippen MR) is 69.7 cm³/mol. The van der Waals surface area contributed by atoms with Crippen molar-refractivity contribution in [3.8, 4) is 0 Å². The molecule has 0 aromatic heterocycles. The Labute approximate surface area is 113 Å². The second-order valence-corrected chi connectivity index (χ2v) is 5.45. The van der Waals surface area contributed by atoms with Crippen molar-refractivity contribution >= 4 is 0 Å². The van der Waals surface area contributed by atoms with Crippen molar-refractivity contribution in [1.82, 2.24) is 9.96 Å². The summed E-state index contributed by atoms with van der Waals surface area (Å²) in [6, 6.07) is -0.496. The average Bonchev–Trinajstić information content (AvgIpc) is 2.51. The van der Waals surface area contributed by atoms with Gasteiger partial charge in [0.25, 0.3) is 0 Å². The Kier molecular flexibility index (Phi) is 5.70. The van der Waals surface area contributed by atoms with Crippen LogP contribution in [-0.2, 0) is 4.84 Å². The first-order valence-corrected chi connectivity index (χ1v) is 6.46. The fraction of sp³-hybridized carbons (Fsp3) is 0.846. The third-order valence-electron chi connectivity index (χ3n) is 3.35. The third-order valence-corrected chi connectivity index (χ3v) is 3.35. The maximum atomic E-state index is 12.5. The first-order chi connectivity index (χ1) is 8.73. The van der Waals surface area contributed by atoms with Gasteiger partial charge in [-0.25, -0.2) is 8.78 Å². The largest absolute Gasteiger partial charge is 0.410 e. The summed E-state index contributed by atoms with van der Waals surface area (Å²) in [4.78, 5) is 7.51. The Balaban J connectivity index is 2.87. The minimum absolute atomic E-state index is 0.136. The highest BCUT2D eigenvalue weighted by atomic mass is 19.3. The normalized spacial score (nSPS) is 24.2. The van der Waals surface area contributed by atoms with Crippen LogP contribution in [0.4, 0.5) is 8.78 Å². The molecular weight excluding hydrogens is 254 g/mol. The third kappa shape index (κ3) is 4.12. The smallest absolute Gasteiger partial charge is 0.241 e. The van der Waals surface area contributed by atoms with Crippen molar-refractivity contribution in [3.05, 3.63) is 11.3 Å². The van der Waals surface area contributed by atoms with Gasteiger partial charge in [-0.05, 0) is 32.5 Å². The number of aliphatic hydroxyl groups is 1. The number of hydroxylamine groups is 2. The summed E-state index contributed by atoms with van der Waals surface area (Å²) in [6.07, 6.45) is -4.18. The molecular formula is C13H24F2N2O2. The molecule has 1 N–H and O–H groups in total. The standard InChI is InChI=1S/C13H24F2N2O2/c1-8(7-16(3)4)12-9(2)19-17(5)13(12)10(18)6-11(14)15/h8,10-11,13,18H,6-7H2,1-5H3/t8-,10+,13?/m0/s1. The molecule has 0 radical (unpaired) electrons. The zero-order chi connectivity index (χ0) is 14.7. The van der Waals surface area contributed by atoms with E-state index >= 15 is 0 Å². The van der Waals surface area contributed by atoms with Crippen LogP contribution in [0.2, 0.25) is 0 Å². The van der Waals surface area contributed by atoms with Gasteiger partial charge in [0.05, 0.1) is 12.1 Å². The van der Waals surface area contributed by atoms with Crippen molar-refractivity contribution in [1.29, 1.82) is 0 Å². The van der Waals surface area contributed by atoms with E-state index in [4.69, 9.17) is 4.84 Å². The van der Waals surface area contributed by atoms with Crippen LogP contribution >= 0.6 is 0 Å². The monoisotopic (exact) mass is 278 g/mol. The van der Waals surface area contributed by atoms with Crippen LogP contribution in [0.15, 0.2) is 11.3 Å². The maximum absolute atomic E-state index is 12.5. The fourth-order valence-electron chi connectivity index (χ4n) is 2.78. The number of alkyl halides is 2. The maximum Gasteiger partial charge on any atom is 0.241 e. The number of rotatable bonds is 6. The van der Waals surface area contributed by atoms with Gasteiger partial charge in [0.15, 0.2) is 0 Å². The van der Waals surface area contributed by atoms with Crippen LogP contribution in [0.5, 0.6) is 0 Å². The zero-order valence-electron chi connectivity index (χ0n) is 12.2. The van der Waals surface area contributed by atoms with Crippen molar-refractivity contribution in [2.24, 2.45) is 5.92 Å². The summed E-state index contributed by atoms with van der Waals surface area (Å²) in [6.45, 7) is 4.61. The van der Waals surface area contributed by atoms with Crippen LogP contribution < -0.4 is 0 Å². The fourth-order valence-corrected chi connectivity index (χ4v) is 2.78. The Morgan fingerprint density at radius 1 is 1.42 bits per heavy atom. The molecule has 0 aromatic carbocycles. The highest BCUT2D eigenvalue weighted by Gasteiger charge is 2.39. The van der Waals surface area contributed by atoms with Crippen molar-refractivity contribution in [2.45, 2.75) is 38.8 Å². The highest BCUT2D eigenvalue weighted by Crippen LogP contribution is 2.33. The number of halogens is 2. The number of hydrogen-bond donors (Lipinski definition) is 1. The molecule has 0 spiro atoms. The van der Waals surface area contributed by atoms with E-state index < -0.39 is 25.0 Å². The van der Waals surface area contributed by atoms with E-state index in [2.05, 4.69) is 0 Å². The average molecular weight is 278 g/mol. The van der Waals surface area contributed by atoms with Crippen molar-refractivity contribution in [2.75, 3.05) is 27.7 Å². The molecule has 3 atom stereocenters. The van der Waals surface area contributed by atoms with E-state index in [0.717, 1.165) is 12.1 Å². The summed E-state index contributed by atoms with van der Waals surface area (Å²) >= 11 is 0. The molecule has 4 nitrogen and oxygen atoms in total. The van der Waals surface area contributed by atoms with E-state index in [1.165, 1.54) is 5.06 Å². The number of allylic oxidation sites excluding steroid dienone is 1. The topological polar surface area (TPSA) is 35.9 Å². The van der Waals surface area contributed by atoms with Gasteiger partial charge in [-0.1, -0.05) is 6.92 Å². The quantitative estimate of drug-likeness (QED) is 0.802. The van der Waals surface area contributed by atoms with E-state index in [-0.39, 0.29) is 5.92 Å². The van der Waals surface area contributed by atoms with Crippen LogP contribution in [-0.4, -0.2) is 61.3 Å². The number of aliphatic hydroxyl groups excluding tert-OH is 1. The molecule has 0 saturated heterocycles. The molecule has 0 aliphatic carbocycles. The molecule has 1 rings (SSSR count). The minimum atomic E-state index is -2.52. The summed E-state index contributed by atoms with van der Waals surface area (Å²) in [5.41, 5.74) is 0.907. The molecule has 0 saturated carbocycles. The minimum Gasteiger partial charge on any atom is -0.410 e. The Morgan fingerprint density at radius 2 is 2.00 bits per heavy atom. The molecule has 1 aliphatic heterocycles. The van der Waals surface area contributed by atoms with E-state index in [1.807, 2.05) is 32.8 Å². The number of likely N-dealkylation sites (N-methyl/N-ethyl adjacent to an activating group) is 1. The molecule has 1 aliphatic rings. The lowest BCUT2D eigenvalue weighted by molar-refractivity contribution is -0.125. The van der Waals surface area contributed by atoms with Crippen LogP contribution in [0.3, 0.4) is 0 Å². The highest BCUT2D eigenvalue weighted by molar-refractivity contribution is 5.22. The van der Waals surface area contributed by atoms with Crippen LogP contribution in [0.25, 0.3) is 0 Å². The molecule has 0 fully saturated rings. The predicted octanol–water partition coefficient (Wildman–Crippen LogP) is 1.72. The first kappa shape index (κ1) is 16.3. The van der Waals surface area contributed by atoms with Gasteiger partial charge in [-0.3, -0.25) is 0 Å². The zero-order valence-corrected chi connectivity index (χ0v) is 12.2. The van der Waals surface area contributed by atoms with Gasteiger partial charge in [-0.2, -0.15) is 0 Å². The Morgan fingerprint density at radius 3 is 2.47 bits per heavy atom. The number of nitrogens with zero attached hydrogens (tertiary/aromatic N) is 2. The van der Waals surface area contributed by atoms with E-state index in [9.17, 15) is 13.9 Å². The molecule has 1 unspecified atom stereocenters. The second kappa shape index (κ2) is 6.63. The molecule has 1 heterocycles. The summed E-state index contributed by atoms with van der Waals surface area (Å²) < 4.78 is 24.9. The van der Waals surface area contributed by atoms with Gasteiger partial charge in [0.2, 0.25) is 6.43 Å². The Bertz CT molecular complexity index is 335. The van der Waals surface area contributed by atoms with Gasteiger partial charge in [-0.15, -0.1) is 5.06 Å². The lowest BCUT2D eigenvalue weighted by Gasteiger charge is -2.28. The molecule has 0 amide bonds. The van der Waals surface area contributed by atoms with Crippen molar-refractivity contribution in [3.63, 3.8) is 0 Å². The Hall–Kier alpha value is -0.720. The first-order valence-electron chi connectivity index (χ1n) is 6.46. The second-order valence-electron chi connectivity index (χ2n) is 5.45. The van der Waals surface area contributed by atoms with Crippen LogP contribution in [0, 0.1) is 5.92 Å². The summed E-state index contributed by atoms with van der Waals surface area (Å²) in [7, 11) is 5.57. The van der Waals surface area contributed by atoms with Gasteiger partial charge in [0, 0.05) is 20.0 Å². The lowest BCUT2D eigenvalue weighted by Crippen LogP contribution is -2.41. The number of hydrogen-bond acceptors (Lipinski definition) is 4. The lowest BCUT2D eigenvalue weighted by atomic mass is 9.89. The van der Waals surface area contributed by atoms with Gasteiger partial charge >= 0.3 is 0 Å². The van der Waals surface area contributed by atoms with Crippen LogP contribution in [0.1, 0.15) is 20.3 Å².